The summed E-state index contributed by atoms with van der Waals surface area (Å²) in [6, 6.07) is 3.41. The second kappa shape index (κ2) is 4.53. The predicted molar refractivity (Wildman–Crippen MR) is 61.2 cm³/mol. The maximum Gasteiger partial charge on any atom is 0.340 e. The first kappa shape index (κ1) is 11.9. The highest BCUT2D eigenvalue weighted by molar-refractivity contribution is 6.33. The molecule has 2 N–H and O–H groups in total. The summed E-state index contributed by atoms with van der Waals surface area (Å²) in [6.45, 7) is 5.37. The number of benzene rings is 1. The van der Waals surface area contributed by atoms with Crippen LogP contribution in [0, 0.1) is 6.92 Å². The molecule has 0 aliphatic heterocycles. The molecule has 0 spiro atoms. The van der Waals surface area contributed by atoms with Crippen LogP contribution in [0.1, 0.15) is 29.8 Å². The second-order valence-corrected chi connectivity index (χ2v) is 4.01. The number of anilines is 1. The van der Waals surface area contributed by atoms with Crippen LogP contribution in [0.3, 0.4) is 0 Å². The molecule has 3 nitrogen and oxygen atoms in total. The predicted octanol–water partition coefficient (Wildman–Crippen LogP) is 2.80. The number of carbonyl (C=O) groups is 1. The molecule has 1 rings (SSSR count). The third-order valence-corrected chi connectivity index (χ3v) is 2.28. The van der Waals surface area contributed by atoms with Crippen LogP contribution in [0.4, 0.5) is 5.69 Å². The van der Waals surface area contributed by atoms with Gasteiger partial charge >= 0.3 is 5.97 Å². The van der Waals surface area contributed by atoms with Gasteiger partial charge in [0.1, 0.15) is 0 Å². The molecule has 82 valence electrons. The molecule has 0 aromatic heterocycles. The second-order valence-electron chi connectivity index (χ2n) is 3.61. The fourth-order valence-corrected chi connectivity index (χ4v) is 1.40. The molecule has 0 bridgehead atoms. The number of ether oxygens (including phenoxy) is 1. The van der Waals surface area contributed by atoms with E-state index < -0.39 is 5.97 Å². The average molecular weight is 228 g/mol. The molecule has 0 unspecified atom stereocenters. The number of esters is 1. The molecule has 0 fully saturated rings. The lowest BCUT2D eigenvalue weighted by Gasteiger charge is -2.12. The number of hydrogen-bond donors (Lipinski definition) is 1. The maximum atomic E-state index is 11.7. The van der Waals surface area contributed by atoms with Crippen molar-refractivity contribution in [3.05, 3.63) is 28.3 Å². The van der Waals surface area contributed by atoms with Gasteiger partial charge in [0.05, 0.1) is 22.4 Å². The number of nitrogen functional groups attached to an aromatic ring is 1. The van der Waals surface area contributed by atoms with Gasteiger partial charge < -0.3 is 10.5 Å². The molecule has 0 aliphatic rings. The summed E-state index contributed by atoms with van der Waals surface area (Å²) >= 11 is 5.83. The zero-order valence-electron chi connectivity index (χ0n) is 9.00. The number of nitrogens with two attached hydrogens (primary N) is 1. The van der Waals surface area contributed by atoms with Crippen molar-refractivity contribution in [2.24, 2.45) is 0 Å². The van der Waals surface area contributed by atoms with Crippen molar-refractivity contribution in [2.75, 3.05) is 5.73 Å². The average Bonchev–Trinajstić information content (AvgIpc) is 2.11. The number of aryl methyl sites for hydroxylation is 1. The molecule has 0 amide bonds. The quantitative estimate of drug-likeness (QED) is 0.624. The first-order valence-electron chi connectivity index (χ1n) is 4.69. The zero-order valence-corrected chi connectivity index (χ0v) is 9.76. The first-order chi connectivity index (χ1) is 6.93. The largest absolute Gasteiger partial charge is 0.459 e. The van der Waals surface area contributed by atoms with Gasteiger partial charge in [-0.15, -0.1) is 0 Å². The Hall–Kier alpha value is -1.22. The normalized spacial score (nSPS) is 10.5. The van der Waals surface area contributed by atoms with E-state index in [2.05, 4.69) is 0 Å². The van der Waals surface area contributed by atoms with Crippen molar-refractivity contribution in [3.63, 3.8) is 0 Å². The third-order valence-electron chi connectivity index (χ3n) is 1.95. The monoisotopic (exact) mass is 227 g/mol. The van der Waals surface area contributed by atoms with Gasteiger partial charge in [-0.3, -0.25) is 0 Å². The van der Waals surface area contributed by atoms with Crippen molar-refractivity contribution in [1.29, 1.82) is 0 Å². The number of carbonyl (C=O) groups excluding carboxylic acids is 1. The third kappa shape index (κ3) is 2.63. The van der Waals surface area contributed by atoms with Gasteiger partial charge in [-0.2, -0.15) is 0 Å². The summed E-state index contributed by atoms with van der Waals surface area (Å²) in [5.41, 5.74) is 7.13. The summed E-state index contributed by atoms with van der Waals surface area (Å²) in [5.74, 6) is -0.428. The number of rotatable bonds is 2. The van der Waals surface area contributed by atoms with Gasteiger partial charge in [-0.1, -0.05) is 17.7 Å². The van der Waals surface area contributed by atoms with E-state index in [0.717, 1.165) is 5.56 Å². The van der Waals surface area contributed by atoms with E-state index in [1.54, 1.807) is 32.9 Å². The van der Waals surface area contributed by atoms with Crippen LogP contribution in [0.5, 0.6) is 0 Å². The Labute approximate surface area is 94.2 Å². The Kier molecular flexibility index (Phi) is 3.58. The smallest absolute Gasteiger partial charge is 0.340 e. The van der Waals surface area contributed by atoms with E-state index in [-0.39, 0.29) is 11.8 Å². The van der Waals surface area contributed by atoms with E-state index in [1.165, 1.54) is 0 Å². The van der Waals surface area contributed by atoms with Crippen LogP contribution < -0.4 is 5.73 Å². The van der Waals surface area contributed by atoms with Crippen LogP contribution in [-0.4, -0.2) is 12.1 Å². The van der Waals surface area contributed by atoms with Crippen molar-refractivity contribution >= 4 is 23.3 Å². The molecule has 0 atom stereocenters. The molecule has 4 heteroatoms. The Morgan fingerprint density at radius 1 is 1.47 bits per heavy atom. The van der Waals surface area contributed by atoms with Crippen molar-refractivity contribution in [1.82, 2.24) is 0 Å². The van der Waals surface area contributed by atoms with Crippen molar-refractivity contribution < 1.29 is 9.53 Å². The Bertz CT molecular complexity index is 388. The van der Waals surface area contributed by atoms with Gasteiger partial charge in [0, 0.05) is 0 Å². The molecule has 0 radical (unpaired) electrons. The van der Waals surface area contributed by atoms with Crippen LogP contribution in [0.2, 0.25) is 5.02 Å². The van der Waals surface area contributed by atoms with Crippen LogP contribution in [0.25, 0.3) is 0 Å². The topological polar surface area (TPSA) is 52.3 Å². The fraction of sp³-hybridized carbons (Fsp3) is 0.364. The summed E-state index contributed by atoms with van der Waals surface area (Å²) in [6.07, 6.45) is -0.171. The Morgan fingerprint density at radius 2 is 2.07 bits per heavy atom. The van der Waals surface area contributed by atoms with E-state index in [4.69, 9.17) is 22.1 Å². The first-order valence-corrected chi connectivity index (χ1v) is 5.06. The van der Waals surface area contributed by atoms with Gasteiger partial charge in [0.2, 0.25) is 0 Å². The lowest BCUT2D eigenvalue weighted by atomic mass is 10.1. The molecule has 0 saturated heterocycles. The molecule has 1 aromatic rings. The van der Waals surface area contributed by atoms with Crippen molar-refractivity contribution in [2.45, 2.75) is 26.9 Å². The van der Waals surface area contributed by atoms with Crippen molar-refractivity contribution in [3.8, 4) is 0 Å². The SMILES string of the molecule is Cc1ccc(Cl)c(N)c1C(=O)OC(C)C. The number of hydrogen-bond acceptors (Lipinski definition) is 3. The fourth-order valence-electron chi connectivity index (χ4n) is 1.25. The standard InChI is InChI=1S/C11H14ClNO2/c1-6(2)15-11(14)9-7(3)4-5-8(12)10(9)13/h4-6H,13H2,1-3H3. The van der Waals surface area contributed by atoms with Gasteiger partial charge in [-0.05, 0) is 32.4 Å². The molecular formula is C11H14ClNO2. The lowest BCUT2D eigenvalue weighted by molar-refractivity contribution is 0.0378. The van der Waals surface area contributed by atoms with Gasteiger partial charge in [0.25, 0.3) is 0 Å². The summed E-state index contributed by atoms with van der Waals surface area (Å²) in [4.78, 5) is 11.7. The Balaban J connectivity index is 3.13. The minimum atomic E-state index is -0.428. The summed E-state index contributed by atoms with van der Waals surface area (Å²) in [7, 11) is 0. The van der Waals surface area contributed by atoms with Crippen LogP contribution in [0.15, 0.2) is 12.1 Å². The highest BCUT2D eigenvalue weighted by atomic mass is 35.5. The zero-order chi connectivity index (χ0) is 11.6. The van der Waals surface area contributed by atoms with E-state index in [9.17, 15) is 4.79 Å². The van der Waals surface area contributed by atoms with Crippen LogP contribution >= 0.6 is 11.6 Å². The van der Waals surface area contributed by atoms with Gasteiger partial charge in [0.15, 0.2) is 0 Å². The van der Waals surface area contributed by atoms with Crippen LogP contribution in [-0.2, 0) is 4.74 Å². The van der Waals surface area contributed by atoms with E-state index in [1.807, 2.05) is 0 Å². The number of halogens is 1. The highest BCUT2D eigenvalue weighted by Crippen LogP contribution is 2.26. The molecule has 0 heterocycles. The van der Waals surface area contributed by atoms with Gasteiger partial charge in [-0.25, -0.2) is 4.79 Å². The molecule has 15 heavy (non-hydrogen) atoms. The summed E-state index contributed by atoms with van der Waals surface area (Å²) < 4.78 is 5.08. The maximum absolute atomic E-state index is 11.7. The lowest BCUT2D eigenvalue weighted by Crippen LogP contribution is -2.15. The molecular weight excluding hydrogens is 214 g/mol. The highest BCUT2D eigenvalue weighted by Gasteiger charge is 2.17. The molecule has 0 saturated carbocycles. The minimum absolute atomic E-state index is 0.171. The van der Waals surface area contributed by atoms with E-state index >= 15 is 0 Å². The van der Waals surface area contributed by atoms with E-state index in [0.29, 0.717) is 10.6 Å². The molecule has 0 aliphatic carbocycles. The Morgan fingerprint density at radius 3 is 2.60 bits per heavy atom. The molecule has 1 aromatic carbocycles. The minimum Gasteiger partial charge on any atom is -0.459 e. The summed E-state index contributed by atoms with van der Waals surface area (Å²) in [5, 5.41) is 0.372.